The highest BCUT2D eigenvalue weighted by Crippen LogP contribution is 2.30. The van der Waals surface area contributed by atoms with E-state index < -0.39 is 11.5 Å². The fraction of sp³-hybridized carbons (Fsp3) is 0.556. The lowest BCUT2D eigenvalue weighted by molar-refractivity contribution is -0.147. The molecule has 1 saturated carbocycles. The second-order valence-electron chi connectivity index (χ2n) is 6.77. The molecule has 0 bridgehead atoms. The maximum absolute atomic E-state index is 12.3. The minimum atomic E-state index is -1.03. The van der Waals surface area contributed by atoms with Gasteiger partial charge in [0.2, 0.25) is 5.91 Å². The highest BCUT2D eigenvalue weighted by Gasteiger charge is 2.42. The molecule has 3 rings (SSSR count). The predicted molar refractivity (Wildman–Crippen MR) is 87.2 cm³/mol. The van der Waals surface area contributed by atoms with Crippen LogP contribution in [0.5, 0.6) is 0 Å². The molecule has 124 valence electrons. The summed E-state index contributed by atoms with van der Waals surface area (Å²) in [6, 6.07) is 10.4. The fourth-order valence-electron chi connectivity index (χ4n) is 3.85. The quantitative estimate of drug-likeness (QED) is 0.871. The van der Waals surface area contributed by atoms with Crippen molar-refractivity contribution >= 4 is 11.9 Å². The summed E-state index contributed by atoms with van der Waals surface area (Å²) in [6.07, 6.45) is 3.86. The molecule has 1 atom stereocenters. The summed E-state index contributed by atoms with van der Waals surface area (Å²) in [7, 11) is 0. The number of aliphatic carboxylic acids is 1. The molecule has 0 unspecified atom stereocenters. The first-order valence-electron chi connectivity index (χ1n) is 8.41. The first-order chi connectivity index (χ1) is 11.1. The van der Waals surface area contributed by atoms with Crippen molar-refractivity contribution in [3.8, 4) is 0 Å². The zero-order valence-electron chi connectivity index (χ0n) is 13.3. The Hall–Kier alpha value is -1.88. The van der Waals surface area contributed by atoms with E-state index in [0.717, 1.165) is 32.4 Å². The summed E-state index contributed by atoms with van der Waals surface area (Å²) in [5.41, 5.74) is 0.281. The second-order valence-corrected chi connectivity index (χ2v) is 6.77. The van der Waals surface area contributed by atoms with Crippen molar-refractivity contribution in [1.29, 1.82) is 0 Å². The van der Waals surface area contributed by atoms with Gasteiger partial charge in [-0.15, -0.1) is 0 Å². The van der Waals surface area contributed by atoms with Crippen LogP contribution >= 0.6 is 0 Å². The van der Waals surface area contributed by atoms with E-state index in [9.17, 15) is 14.7 Å². The lowest BCUT2D eigenvalue weighted by atomic mass is 9.98. The summed E-state index contributed by atoms with van der Waals surface area (Å²) < 4.78 is 0. The molecule has 0 aromatic heterocycles. The molecule has 2 fully saturated rings. The van der Waals surface area contributed by atoms with Crippen LogP contribution in [0.4, 0.5) is 0 Å². The Bertz CT molecular complexity index is 567. The Morgan fingerprint density at radius 2 is 1.91 bits per heavy atom. The normalized spacial score (nSPS) is 23.7. The van der Waals surface area contributed by atoms with Crippen molar-refractivity contribution in [2.75, 3.05) is 19.6 Å². The van der Waals surface area contributed by atoms with Crippen LogP contribution in [0.3, 0.4) is 0 Å². The van der Waals surface area contributed by atoms with Gasteiger partial charge in [-0.05, 0) is 37.3 Å². The van der Waals surface area contributed by atoms with Gasteiger partial charge >= 0.3 is 5.97 Å². The van der Waals surface area contributed by atoms with E-state index in [-0.39, 0.29) is 5.91 Å². The summed E-state index contributed by atoms with van der Waals surface area (Å²) in [5, 5.41) is 12.2. The number of carbonyl (C=O) groups excluding carboxylic acids is 1. The van der Waals surface area contributed by atoms with Gasteiger partial charge < -0.3 is 10.4 Å². The number of benzene rings is 1. The van der Waals surface area contributed by atoms with Crippen LogP contribution in [-0.2, 0) is 9.59 Å². The number of rotatable bonds is 5. The second kappa shape index (κ2) is 6.71. The summed E-state index contributed by atoms with van der Waals surface area (Å²) in [6.45, 7) is 2.03. The first-order valence-corrected chi connectivity index (χ1v) is 8.41. The van der Waals surface area contributed by atoms with Crippen molar-refractivity contribution in [2.45, 2.75) is 43.6 Å². The molecule has 2 N–H and O–H groups in total. The zero-order chi connectivity index (χ0) is 16.3. The summed E-state index contributed by atoms with van der Waals surface area (Å²) in [5.74, 6) is -0.598. The zero-order valence-corrected chi connectivity index (χ0v) is 13.3. The highest BCUT2D eigenvalue weighted by atomic mass is 16.4. The van der Waals surface area contributed by atoms with Crippen molar-refractivity contribution in [2.24, 2.45) is 0 Å². The fourth-order valence-corrected chi connectivity index (χ4v) is 3.85. The maximum atomic E-state index is 12.3. The van der Waals surface area contributed by atoms with E-state index in [1.54, 1.807) is 0 Å². The molecule has 1 saturated heterocycles. The number of carboxylic acids is 1. The van der Waals surface area contributed by atoms with Gasteiger partial charge in [-0.1, -0.05) is 43.2 Å². The molecule has 1 aliphatic heterocycles. The molecular formula is C18H24N2O3. The average Bonchev–Trinajstić information content (AvgIpc) is 3.18. The summed E-state index contributed by atoms with van der Waals surface area (Å²) >= 11 is 0. The van der Waals surface area contributed by atoms with Crippen LogP contribution in [0, 0.1) is 0 Å². The topological polar surface area (TPSA) is 69.6 Å². The molecule has 2 aliphatic rings. The Morgan fingerprint density at radius 1 is 1.22 bits per heavy atom. The third-order valence-electron chi connectivity index (χ3n) is 5.16. The number of likely N-dealkylation sites (tertiary alicyclic amines) is 1. The van der Waals surface area contributed by atoms with Crippen LogP contribution < -0.4 is 5.32 Å². The van der Waals surface area contributed by atoms with Crippen molar-refractivity contribution in [3.05, 3.63) is 35.9 Å². The van der Waals surface area contributed by atoms with Gasteiger partial charge in [-0.3, -0.25) is 9.69 Å². The van der Waals surface area contributed by atoms with Gasteiger partial charge in [0.1, 0.15) is 5.54 Å². The SMILES string of the molecule is O=C(CN1CC[C@H](c2ccccc2)C1)NC1(C(=O)O)CCCC1. The third kappa shape index (κ3) is 3.55. The van der Waals surface area contributed by atoms with Crippen LogP contribution in [-0.4, -0.2) is 47.1 Å². The van der Waals surface area contributed by atoms with E-state index in [2.05, 4.69) is 22.3 Å². The van der Waals surface area contributed by atoms with Crippen LogP contribution in [0.1, 0.15) is 43.6 Å². The van der Waals surface area contributed by atoms with E-state index in [4.69, 9.17) is 0 Å². The van der Waals surface area contributed by atoms with Gasteiger partial charge in [-0.2, -0.15) is 0 Å². The van der Waals surface area contributed by atoms with Crippen molar-refractivity contribution in [1.82, 2.24) is 10.2 Å². The number of nitrogens with one attached hydrogen (secondary N) is 1. The first kappa shape index (κ1) is 16.0. The smallest absolute Gasteiger partial charge is 0.329 e. The Labute approximate surface area is 136 Å². The predicted octanol–water partition coefficient (Wildman–Crippen LogP) is 1.99. The average molecular weight is 316 g/mol. The molecule has 1 aromatic carbocycles. The van der Waals surface area contributed by atoms with Gasteiger partial charge in [0.25, 0.3) is 0 Å². The molecule has 0 spiro atoms. The van der Waals surface area contributed by atoms with E-state index in [1.807, 2.05) is 18.2 Å². The Kier molecular flexibility index (Phi) is 4.66. The molecule has 1 aromatic rings. The van der Waals surface area contributed by atoms with Crippen molar-refractivity contribution < 1.29 is 14.7 Å². The van der Waals surface area contributed by atoms with Gasteiger partial charge in [0.15, 0.2) is 0 Å². The van der Waals surface area contributed by atoms with Gasteiger partial charge in [0.05, 0.1) is 6.54 Å². The van der Waals surface area contributed by atoms with E-state index in [0.29, 0.717) is 25.3 Å². The molecular weight excluding hydrogens is 292 g/mol. The number of carboxylic acid groups (broad SMARTS) is 1. The van der Waals surface area contributed by atoms with Gasteiger partial charge in [0, 0.05) is 6.54 Å². The largest absolute Gasteiger partial charge is 0.480 e. The van der Waals surface area contributed by atoms with Gasteiger partial charge in [-0.25, -0.2) is 4.79 Å². The van der Waals surface area contributed by atoms with Crippen LogP contribution in [0.15, 0.2) is 30.3 Å². The van der Waals surface area contributed by atoms with E-state index in [1.165, 1.54) is 5.56 Å². The molecule has 1 aliphatic carbocycles. The Morgan fingerprint density at radius 3 is 2.57 bits per heavy atom. The highest BCUT2D eigenvalue weighted by molar-refractivity contribution is 5.88. The van der Waals surface area contributed by atoms with Crippen molar-refractivity contribution in [3.63, 3.8) is 0 Å². The molecule has 1 amide bonds. The number of amides is 1. The standard InChI is InChI=1S/C18H24N2O3/c21-16(19-18(17(22)23)9-4-5-10-18)13-20-11-8-15(12-20)14-6-2-1-3-7-14/h1-3,6-7,15H,4-5,8-13H2,(H,19,21)(H,22,23)/t15-/m0/s1. The summed E-state index contributed by atoms with van der Waals surface area (Å²) in [4.78, 5) is 25.9. The molecule has 5 heteroatoms. The minimum absolute atomic E-state index is 0.164. The van der Waals surface area contributed by atoms with Crippen LogP contribution in [0.25, 0.3) is 0 Å². The Balaban J connectivity index is 1.54. The molecule has 0 radical (unpaired) electrons. The van der Waals surface area contributed by atoms with E-state index >= 15 is 0 Å². The monoisotopic (exact) mass is 316 g/mol. The lowest BCUT2D eigenvalue weighted by Gasteiger charge is -2.26. The third-order valence-corrected chi connectivity index (χ3v) is 5.16. The maximum Gasteiger partial charge on any atom is 0.329 e. The number of hydrogen-bond donors (Lipinski definition) is 2. The molecule has 5 nitrogen and oxygen atoms in total. The molecule has 1 heterocycles. The number of hydrogen-bond acceptors (Lipinski definition) is 3. The lowest BCUT2D eigenvalue weighted by Crippen LogP contribution is -2.54. The molecule has 23 heavy (non-hydrogen) atoms. The minimum Gasteiger partial charge on any atom is -0.480 e. The number of carbonyl (C=O) groups is 2. The van der Waals surface area contributed by atoms with Crippen LogP contribution in [0.2, 0.25) is 0 Å². The number of nitrogens with zero attached hydrogens (tertiary/aromatic N) is 1.